The van der Waals surface area contributed by atoms with Gasteiger partial charge in [0.05, 0.1) is 11.4 Å². The summed E-state index contributed by atoms with van der Waals surface area (Å²) in [6, 6.07) is 5.96. The summed E-state index contributed by atoms with van der Waals surface area (Å²) in [5, 5.41) is 6.26. The number of Topliss-reactive ketones (excluding diaryl/α,β-unsaturated/α-hetero) is 1. The molecular formula is C12H14N4O3S. The summed E-state index contributed by atoms with van der Waals surface area (Å²) >= 11 is 0. The van der Waals surface area contributed by atoms with Gasteiger partial charge in [-0.2, -0.15) is 9.40 Å². The van der Waals surface area contributed by atoms with Crippen LogP contribution in [0.5, 0.6) is 0 Å². The van der Waals surface area contributed by atoms with Gasteiger partial charge in [-0.1, -0.05) is 12.1 Å². The summed E-state index contributed by atoms with van der Waals surface area (Å²) in [6.45, 7) is 1.47. The number of H-pyrrole nitrogens is 1. The van der Waals surface area contributed by atoms with Gasteiger partial charge in [-0.25, -0.2) is 13.4 Å². The van der Waals surface area contributed by atoms with Gasteiger partial charge in [-0.3, -0.25) is 9.89 Å². The standard InChI is InChI=1S/C12H14N4O3S/c1-9(17)10-4-3-5-11(6-10)20(18,19)16(2)7-12-13-8-14-15-12/h3-6,8H,7H2,1-2H3,(H,13,14,15). The third-order valence-corrected chi connectivity index (χ3v) is 4.59. The highest BCUT2D eigenvalue weighted by molar-refractivity contribution is 7.89. The van der Waals surface area contributed by atoms with Crippen LogP contribution in [0.2, 0.25) is 0 Å². The lowest BCUT2D eigenvalue weighted by Gasteiger charge is -2.16. The Labute approximate surface area is 116 Å². The number of ketones is 1. The Morgan fingerprint density at radius 3 is 2.75 bits per heavy atom. The number of carbonyl (C=O) groups is 1. The van der Waals surface area contributed by atoms with E-state index in [1.54, 1.807) is 12.1 Å². The van der Waals surface area contributed by atoms with Crippen LogP contribution in [-0.4, -0.2) is 40.7 Å². The molecule has 106 valence electrons. The van der Waals surface area contributed by atoms with Crippen molar-refractivity contribution in [3.05, 3.63) is 42.0 Å². The van der Waals surface area contributed by atoms with Crippen molar-refractivity contribution < 1.29 is 13.2 Å². The van der Waals surface area contributed by atoms with Crippen molar-refractivity contribution in [1.82, 2.24) is 19.5 Å². The minimum atomic E-state index is -3.68. The molecule has 0 radical (unpaired) electrons. The molecule has 0 fully saturated rings. The molecule has 0 aliphatic carbocycles. The summed E-state index contributed by atoms with van der Waals surface area (Å²) in [5.74, 6) is 0.263. The van der Waals surface area contributed by atoms with Crippen LogP contribution in [0.3, 0.4) is 0 Å². The largest absolute Gasteiger partial charge is 0.295 e. The number of nitrogens with zero attached hydrogens (tertiary/aromatic N) is 3. The minimum Gasteiger partial charge on any atom is -0.295 e. The Morgan fingerprint density at radius 1 is 1.40 bits per heavy atom. The van der Waals surface area contributed by atoms with Gasteiger partial charge >= 0.3 is 0 Å². The molecule has 0 atom stereocenters. The monoisotopic (exact) mass is 294 g/mol. The van der Waals surface area contributed by atoms with Crippen LogP contribution in [0.4, 0.5) is 0 Å². The number of nitrogens with one attached hydrogen (secondary N) is 1. The quantitative estimate of drug-likeness (QED) is 0.824. The minimum absolute atomic E-state index is 0.0760. The zero-order valence-corrected chi connectivity index (χ0v) is 11.9. The van der Waals surface area contributed by atoms with Gasteiger partial charge in [0.1, 0.15) is 12.2 Å². The van der Waals surface area contributed by atoms with Gasteiger partial charge in [0, 0.05) is 12.6 Å². The number of hydrogen-bond acceptors (Lipinski definition) is 5. The van der Waals surface area contributed by atoms with Crippen molar-refractivity contribution in [1.29, 1.82) is 0 Å². The molecule has 0 amide bonds. The summed E-state index contributed by atoms with van der Waals surface area (Å²) in [6.07, 6.45) is 1.31. The predicted molar refractivity (Wildman–Crippen MR) is 71.5 cm³/mol. The second-order valence-electron chi connectivity index (χ2n) is 4.28. The lowest BCUT2D eigenvalue weighted by Crippen LogP contribution is -2.27. The first-order chi connectivity index (χ1) is 9.41. The van der Waals surface area contributed by atoms with E-state index in [1.807, 2.05) is 0 Å². The molecule has 0 saturated carbocycles. The van der Waals surface area contributed by atoms with Crippen molar-refractivity contribution in [3.63, 3.8) is 0 Å². The third-order valence-electron chi connectivity index (χ3n) is 2.79. The Bertz CT molecular complexity index is 710. The van der Waals surface area contributed by atoms with Crippen LogP contribution in [-0.2, 0) is 16.6 Å². The fraction of sp³-hybridized carbons (Fsp3) is 0.250. The maximum absolute atomic E-state index is 12.4. The molecular weight excluding hydrogens is 280 g/mol. The van der Waals surface area contributed by atoms with Gasteiger partial charge in [0.2, 0.25) is 10.0 Å². The number of rotatable bonds is 5. The SMILES string of the molecule is CC(=O)c1cccc(S(=O)(=O)N(C)Cc2ncn[nH]2)c1. The van der Waals surface area contributed by atoms with E-state index in [-0.39, 0.29) is 17.2 Å². The highest BCUT2D eigenvalue weighted by Gasteiger charge is 2.22. The van der Waals surface area contributed by atoms with E-state index in [1.165, 1.54) is 32.4 Å². The highest BCUT2D eigenvalue weighted by Crippen LogP contribution is 2.17. The van der Waals surface area contributed by atoms with E-state index >= 15 is 0 Å². The Hall–Kier alpha value is -2.06. The van der Waals surface area contributed by atoms with E-state index in [0.717, 1.165) is 4.31 Å². The number of aromatic nitrogens is 3. The van der Waals surface area contributed by atoms with Crippen molar-refractivity contribution in [2.45, 2.75) is 18.4 Å². The molecule has 1 aromatic carbocycles. The van der Waals surface area contributed by atoms with Gasteiger partial charge < -0.3 is 0 Å². The average molecular weight is 294 g/mol. The Balaban J connectivity index is 2.29. The molecule has 20 heavy (non-hydrogen) atoms. The molecule has 7 nitrogen and oxygen atoms in total. The molecule has 0 bridgehead atoms. The van der Waals surface area contributed by atoms with Crippen LogP contribution in [0.15, 0.2) is 35.5 Å². The summed E-state index contributed by atoms with van der Waals surface area (Å²) in [5.41, 5.74) is 0.360. The Morgan fingerprint density at radius 2 is 2.15 bits per heavy atom. The number of hydrogen-bond donors (Lipinski definition) is 1. The highest BCUT2D eigenvalue weighted by atomic mass is 32.2. The maximum atomic E-state index is 12.4. The number of carbonyl (C=O) groups excluding carboxylic acids is 1. The molecule has 1 heterocycles. The predicted octanol–water partition coefficient (Wildman–Crippen LogP) is 0.828. The van der Waals surface area contributed by atoms with E-state index in [2.05, 4.69) is 15.2 Å². The third kappa shape index (κ3) is 2.91. The normalized spacial score (nSPS) is 11.8. The molecule has 0 spiro atoms. The second-order valence-corrected chi connectivity index (χ2v) is 6.32. The summed E-state index contributed by atoms with van der Waals surface area (Å²) in [7, 11) is -2.24. The molecule has 1 N–H and O–H groups in total. The zero-order valence-electron chi connectivity index (χ0n) is 11.1. The molecule has 2 aromatic rings. The summed E-state index contributed by atoms with van der Waals surface area (Å²) in [4.78, 5) is 15.3. The van der Waals surface area contributed by atoms with Crippen LogP contribution >= 0.6 is 0 Å². The van der Waals surface area contributed by atoms with E-state index in [4.69, 9.17) is 0 Å². The molecule has 8 heteroatoms. The molecule has 0 aliphatic rings. The van der Waals surface area contributed by atoms with Crippen LogP contribution in [0, 0.1) is 0 Å². The van der Waals surface area contributed by atoms with Crippen molar-refractivity contribution in [2.75, 3.05) is 7.05 Å². The fourth-order valence-corrected chi connectivity index (χ4v) is 2.84. The lowest BCUT2D eigenvalue weighted by molar-refractivity contribution is 0.101. The number of aromatic amines is 1. The van der Waals surface area contributed by atoms with Crippen molar-refractivity contribution in [2.24, 2.45) is 0 Å². The number of benzene rings is 1. The first kappa shape index (κ1) is 14.4. The first-order valence-corrected chi connectivity index (χ1v) is 7.27. The second kappa shape index (κ2) is 5.51. The lowest BCUT2D eigenvalue weighted by atomic mass is 10.2. The van der Waals surface area contributed by atoms with Crippen LogP contribution in [0.25, 0.3) is 0 Å². The molecule has 0 unspecified atom stereocenters. The molecule has 0 aliphatic heterocycles. The first-order valence-electron chi connectivity index (χ1n) is 5.83. The molecule has 1 aromatic heterocycles. The van der Waals surface area contributed by atoms with Crippen molar-refractivity contribution in [3.8, 4) is 0 Å². The maximum Gasteiger partial charge on any atom is 0.243 e. The van der Waals surface area contributed by atoms with Crippen LogP contribution in [0.1, 0.15) is 23.1 Å². The average Bonchev–Trinajstić information content (AvgIpc) is 2.91. The van der Waals surface area contributed by atoms with Crippen LogP contribution < -0.4 is 0 Å². The topological polar surface area (TPSA) is 96.0 Å². The zero-order chi connectivity index (χ0) is 14.8. The van der Waals surface area contributed by atoms with E-state index in [9.17, 15) is 13.2 Å². The van der Waals surface area contributed by atoms with Gasteiger partial charge in [-0.15, -0.1) is 0 Å². The fourth-order valence-electron chi connectivity index (χ4n) is 1.66. The Kier molecular flexibility index (Phi) is 3.96. The van der Waals surface area contributed by atoms with Gasteiger partial charge in [0.15, 0.2) is 5.78 Å². The van der Waals surface area contributed by atoms with E-state index < -0.39 is 10.0 Å². The molecule has 0 saturated heterocycles. The van der Waals surface area contributed by atoms with E-state index in [0.29, 0.717) is 11.4 Å². The summed E-state index contributed by atoms with van der Waals surface area (Å²) < 4.78 is 25.9. The van der Waals surface area contributed by atoms with Gasteiger partial charge in [0.25, 0.3) is 0 Å². The van der Waals surface area contributed by atoms with Crippen molar-refractivity contribution >= 4 is 15.8 Å². The number of sulfonamides is 1. The van der Waals surface area contributed by atoms with Gasteiger partial charge in [-0.05, 0) is 19.1 Å². The molecule has 2 rings (SSSR count). The smallest absolute Gasteiger partial charge is 0.243 e.